The average Bonchev–Trinajstić information content (AvgIpc) is 3.06. The van der Waals surface area contributed by atoms with E-state index in [9.17, 15) is 4.79 Å². The zero-order chi connectivity index (χ0) is 13.9. The lowest BCUT2D eigenvalue weighted by Crippen LogP contribution is -2.43. The fourth-order valence-electron chi connectivity index (χ4n) is 3.40. The zero-order valence-electron chi connectivity index (χ0n) is 11.6. The number of hydrogen-bond acceptors (Lipinski definition) is 3. The van der Waals surface area contributed by atoms with Crippen LogP contribution in [0, 0.1) is 0 Å². The van der Waals surface area contributed by atoms with Gasteiger partial charge in [0.1, 0.15) is 11.9 Å². The topological polar surface area (TPSA) is 49.8 Å². The molecule has 0 saturated heterocycles. The van der Waals surface area contributed by atoms with Crippen LogP contribution in [0.4, 0.5) is 0 Å². The van der Waals surface area contributed by atoms with E-state index in [0.717, 1.165) is 25.0 Å². The molecule has 1 heterocycles. The van der Waals surface area contributed by atoms with Crippen LogP contribution in [0.1, 0.15) is 31.2 Å². The number of carboxylic acids is 1. The molecule has 1 unspecified atom stereocenters. The maximum Gasteiger partial charge on any atom is 0.317 e. The van der Waals surface area contributed by atoms with Crippen molar-refractivity contribution in [3.8, 4) is 5.75 Å². The molecule has 0 spiro atoms. The molecule has 2 aliphatic rings. The summed E-state index contributed by atoms with van der Waals surface area (Å²) in [5.74, 6) is 0.214. The van der Waals surface area contributed by atoms with Gasteiger partial charge in [-0.1, -0.05) is 31.0 Å². The van der Waals surface area contributed by atoms with Gasteiger partial charge in [0.05, 0.1) is 6.54 Å². The van der Waals surface area contributed by atoms with Gasteiger partial charge in [0.2, 0.25) is 0 Å². The zero-order valence-corrected chi connectivity index (χ0v) is 11.6. The number of nitrogens with zero attached hydrogens (tertiary/aromatic N) is 1. The largest absolute Gasteiger partial charge is 0.488 e. The van der Waals surface area contributed by atoms with Crippen LogP contribution in [0.3, 0.4) is 0 Å². The van der Waals surface area contributed by atoms with Crippen LogP contribution in [0.5, 0.6) is 5.75 Å². The molecule has 1 saturated carbocycles. The molecule has 4 heteroatoms. The lowest BCUT2D eigenvalue weighted by molar-refractivity contribution is -0.139. The second-order valence-corrected chi connectivity index (χ2v) is 5.81. The Morgan fingerprint density at radius 2 is 2.05 bits per heavy atom. The number of carboxylic acid groups (broad SMARTS) is 1. The fraction of sp³-hybridized carbons (Fsp3) is 0.562. The van der Waals surface area contributed by atoms with Crippen molar-refractivity contribution in [2.75, 3.05) is 13.1 Å². The first kappa shape index (κ1) is 13.4. The van der Waals surface area contributed by atoms with Crippen molar-refractivity contribution >= 4 is 5.97 Å². The second-order valence-electron chi connectivity index (χ2n) is 5.81. The molecular formula is C16H21NO3. The van der Waals surface area contributed by atoms with E-state index in [1.807, 2.05) is 18.2 Å². The van der Waals surface area contributed by atoms with Gasteiger partial charge >= 0.3 is 5.97 Å². The molecule has 1 aromatic carbocycles. The summed E-state index contributed by atoms with van der Waals surface area (Å²) < 4.78 is 5.94. The predicted molar refractivity (Wildman–Crippen MR) is 76.0 cm³/mol. The van der Waals surface area contributed by atoms with Crippen LogP contribution in [0.2, 0.25) is 0 Å². The Balaban J connectivity index is 1.64. The van der Waals surface area contributed by atoms with Crippen LogP contribution >= 0.6 is 0 Å². The van der Waals surface area contributed by atoms with Crippen molar-refractivity contribution in [2.45, 2.75) is 44.2 Å². The van der Waals surface area contributed by atoms with Crippen LogP contribution in [0.25, 0.3) is 0 Å². The van der Waals surface area contributed by atoms with Gasteiger partial charge in [-0.15, -0.1) is 0 Å². The number of aliphatic carboxylic acids is 1. The Morgan fingerprint density at radius 1 is 1.30 bits per heavy atom. The van der Waals surface area contributed by atoms with E-state index in [2.05, 4.69) is 11.0 Å². The molecule has 1 fully saturated rings. The molecule has 1 atom stereocenters. The predicted octanol–water partition coefficient (Wildman–Crippen LogP) is 2.32. The third-order valence-corrected chi connectivity index (χ3v) is 4.33. The molecule has 0 aromatic heterocycles. The van der Waals surface area contributed by atoms with Crippen molar-refractivity contribution in [3.63, 3.8) is 0 Å². The molecule has 108 valence electrons. The average molecular weight is 275 g/mol. The van der Waals surface area contributed by atoms with Gasteiger partial charge in [-0.25, -0.2) is 0 Å². The Bertz CT molecular complexity index is 457. The van der Waals surface area contributed by atoms with E-state index in [1.165, 1.54) is 18.4 Å². The second kappa shape index (κ2) is 5.83. The van der Waals surface area contributed by atoms with Gasteiger partial charge in [-0.3, -0.25) is 9.69 Å². The van der Waals surface area contributed by atoms with E-state index in [0.29, 0.717) is 12.6 Å². The van der Waals surface area contributed by atoms with Crippen molar-refractivity contribution in [1.29, 1.82) is 0 Å². The highest BCUT2D eigenvalue weighted by Crippen LogP contribution is 2.30. The van der Waals surface area contributed by atoms with E-state index >= 15 is 0 Å². The first-order chi connectivity index (χ1) is 9.72. The Kier molecular flexibility index (Phi) is 3.92. The summed E-state index contributed by atoms with van der Waals surface area (Å²) >= 11 is 0. The van der Waals surface area contributed by atoms with Gasteiger partial charge in [0.15, 0.2) is 0 Å². The van der Waals surface area contributed by atoms with Crippen LogP contribution < -0.4 is 4.74 Å². The van der Waals surface area contributed by atoms with Gasteiger partial charge in [0, 0.05) is 19.0 Å². The maximum absolute atomic E-state index is 11.1. The molecule has 1 aliphatic heterocycles. The monoisotopic (exact) mass is 275 g/mol. The van der Waals surface area contributed by atoms with Crippen LogP contribution in [0.15, 0.2) is 24.3 Å². The summed E-state index contributed by atoms with van der Waals surface area (Å²) in [6, 6.07) is 8.50. The minimum Gasteiger partial charge on any atom is -0.488 e. The number of hydrogen-bond donors (Lipinski definition) is 1. The van der Waals surface area contributed by atoms with E-state index in [-0.39, 0.29) is 12.6 Å². The highest BCUT2D eigenvalue weighted by molar-refractivity contribution is 5.69. The van der Waals surface area contributed by atoms with E-state index < -0.39 is 5.97 Å². The summed E-state index contributed by atoms with van der Waals surface area (Å²) in [4.78, 5) is 13.2. The summed E-state index contributed by atoms with van der Waals surface area (Å²) in [6.45, 7) is 0.840. The Hall–Kier alpha value is -1.55. The molecule has 20 heavy (non-hydrogen) atoms. The number of rotatable bonds is 5. The third-order valence-electron chi connectivity index (χ3n) is 4.33. The summed E-state index contributed by atoms with van der Waals surface area (Å²) in [6.07, 6.45) is 5.64. The summed E-state index contributed by atoms with van der Waals surface area (Å²) in [5.41, 5.74) is 1.24. The van der Waals surface area contributed by atoms with Crippen LogP contribution in [-0.4, -0.2) is 41.2 Å². The molecule has 1 aliphatic carbocycles. The summed E-state index contributed by atoms with van der Waals surface area (Å²) in [5, 5.41) is 9.11. The van der Waals surface area contributed by atoms with Crippen molar-refractivity contribution in [1.82, 2.24) is 4.90 Å². The quantitative estimate of drug-likeness (QED) is 0.896. The molecule has 0 bridgehead atoms. The first-order valence-corrected chi connectivity index (χ1v) is 7.43. The number of ether oxygens (including phenoxy) is 1. The standard InChI is InChI=1S/C16H21NO3/c18-16(19)11-17(13-6-2-3-7-13)10-14-9-12-5-1-4-8-15(12)20-14/h1,4-5,8,13-14H,2-3,6-7,9-11H2,(H,18,19). The normalized spacial score (nSPS) is 21.9. The van der Waals surface area contributed by atoms with Crippen molar-refractivity contribution in [3.05, 3.63) is 29.8 Å². The first-order valence-electron chi connectivity index (χ1n) is 7.43. The lowest BCUT2D eigenvalue weighted by Gasteiger charge is -2.29. The maximum atomic E-state index is 11.1. The van der Waals surface area contributed by atoms with Crippen molar-refractivity contribution in [2.24, 2.45) is 0 Å². The third kappa shape index (κ3) is 2.96. The highest BCUT2D eigenvalue weighted by Gasteiger charge is 2.30. The SMILES string of the molecule is O=C(O)CN(CC1Cc2ccccc2O1)C1CCCC1. The Labute approximate surface area is 119 Å². The molecular weight excluding hydrogens is 254 g/mol. The lowest BCUT2D eigenvalue weighted by atomic mass is 10.1. The van der Waals surface area contributed by atoms with Gasteiger partial charge in [0.25, 0.3) is 0 Å². The smallest absolute Gasteiger partial charge is 0.317 e. The molecule has 1 N–H and O–H groups in total. The fourth-order valence-corrected chi connectivity index (χ4v) is 3.40. The number of benzene rings is 1. The van der Waals surface area contributed by atoms with Gasteiger partial charge in [-0.05, 0) is 24.5 Å². The van der Waals surface area contributed by atoms with E-state index in [1.54, 1.807) is 0 Å². The molecule has 3 rings (SSSR count). The van der Waals surface area contributed by atoms with Crippen molar-refractivity contribution < 1.29 is 14.6 Å². The van der Waals surface area contributed by atoms with Gasteiger partial charge < -0.3 is 9.84 Å². The Morgan fingerprint density at radius 3 is 2.75 bits per heavy atom. The highest BCUT2D eigenvalue weighted by atomic mass is 16.5. The molecule has 1 aromatic rings. The van der Waals surface area contributed by atoms with Crippen LogP contribution in [-0.2, 0) is 11.2 Å². The van der Waals surface area contributed by atoms with Gasteiger partial charge in [-0.2, -0.15) is 0 Å². The summed E-state index contributed by atoms with van der Waals surface area (Å²) in [7, 11) is 0. The molecule has 4 nitrogen and oxygen atoms in total. The number of para-hydroxylation sites is 1. The number of fused-ring (bicyclic) bond motifs is 1. The molecule has 0 radical (unpaired) electrons. The molecule has 0 amide bonds. The minimum atomic E-state index is -0.743. The number of carbonyl (C=O) groups is 1. The van der Waals surface area contributed by atoms with E-state index in [4.69, 9.17) is 9.84 Å². The minimum absolute atomic E-state index is 0.0901.